The van der Waals surface area contributed by atoms with Crippen LogP contribution >= 0.6 is 0 Å². The van der Waals surface area contributed by atoms with Gasteiger partial charge in [0.15, 0.2) is 18.5 Å². The predicted octanol–water partition coefficient (Wildman–Crippen LogP) is 6.12. The largest absolute Gasteiger partial charge is 0.424 e. The highest BCUT2D eigenvalue weighted by Crippen LogP contribution is 2.34. The third-order valence-electron chi connectivity index (χ3n) is 6.89. The maximum atomic E-state index is 13.6. The zero-order chi connectivity index (χ0) is 32.6. The van der Waals surface area contributed by atoms with Gasteiger partial charge in [-0.1, -0.05) is 91.0 Å². The molecule has 0 saturated carbocycles. The van der Waals surface area contributed by atoms with Crippen molar-refractivity contribution in [2.75, 3.05) is 0 Å². The number of esters is 4. The average Bonchev–Trinajstić information content (AvgIpc) is 3.56. The van der Waals surface area contributed by atoms with Crippen LogP contribution in [0.3, 0.4) is 0 Å². The molecule has 1 aliphatic heterocycles. The van der Waals surface area contributed by atoms with Crippen LogP contribution in [0.4, 0.5) is 0 Å². The molecule has 5 aromatic carbocycles. The summed E-state index contributed by atoms with van der Waals surface area (Å²) in [4.78, 5) is 53.2. The van der Waals surface area contributed by atoms with Gasteiger partial charge in [-0.2, -0.15) is 0 Å². The molecule has 2 atom stereocenters. The molecule has 1 aliphatic rings. The van der Waals surface area contributed by atoms with Crippen molar-refractivity contribution >= 4 is 23.9 Å². The van der Waals surface area contributed by atoms with Crippen LogP contribution in [0.25, 0.3) is 0 Å². The van der Waals surface area contributed by atoms with Crippen LogP contribution in [-0.4, -0.2) is 36.1 Å². The molecular weight excluding hydrogens is 604 g/mol. The molecule has 1 heterocycles. The molecule has 0 unspecified atom stereocenters. The van der Waals surface area contributed by atoms with Crippen molar-refractivity contribution in [1.82, 2.24) is 0 Å². The van der Waals surface area contributed by atoms with Gasteiger partial charge in [0.2, 0.25) is 0 Å². The molecule has 10 nitrogen and oxygen atoms in total. The van der Waals surface area contributed by atoms with Crippen LogP contribution < -0.4 is 18.9 Å². The number of carbonyl (C=O) groups excluding carboxylic acids is 4. The van der Waals surface area contributed by atoms with Gasteiger partial charge in [0, 0.05) is 5.56 Å². The number of rotatable bonds is 9. The van der Waals surface area contributed by atoms with E-state index in [0.29, 0.717) is 17.1 Å². The van der Waals surface area contributed by atoms with E-state index in [4.69, 9.17) is 28.4 Å². The summed E-state index contributed by atoms with van der Waals surface area (Å²) in [5.74, 6) is -3.22. The molecule has 0 amide bonds. The zero-order valence-electron chi connectivity index (χ0n) is 24.6. The van der Waals surface area contributed by atoms with Crippen molar-refractivity contribution in [1.29, 1.82) is 0 Å². The van der Waals surface area contributed by atoms with E-state index in [2.05, 4.69) is 0 Å². The van der Waals surface area contributed by atoms with Crippen molar-refractivity contribution in [3.05, 3.63) is 156 Å². The third kappa shape index (κ3) is 7.42. The van der Waals surface area contributed by atoms with Crippen molar-refractivity contribution in [3.63, 3.8) is 0 Å². The smallest absolute Gasteiger partial charge is 0.347 e. The van der Waals surface area contributed by atoms with E-state index in [-0.39, 0.29) is 22.6 Å². The van der Waals surface area contributed by atoms with Gasteiger partial charge >= 0.3 is 23.9 Å². The SMILES string of the molecule is O=C(Oc1ccccc1)c1ccccc1OC(=O)[C@@H]1OC(c2ccccc2)O[C@H]1C(=O)Oc1ccccc1C(=O)Oc1ccccc1. The molecule has 47 heavy (non-hydrogen) atoms. The minimum atomic E-state index is -1.62. The number of para-hydroxylation sites is 4. The van der Waals surface area contributed by atoms with E-state index >= 15 is 0 Å². The third-order valence-corrected chi connectivity index (χ3v) is 6.89. The van der Waals surface area contributed by atoms with E-state index in [0.717, 1.165) is 0 Å². The second kappa shape index (κ2) is 14.3. The van der Waals surface area contributed by atoms with Crippen molar-refractivity contribution in [3.8, 4) is 23.0 Å². The first-order valence-electron chi connectivity index (χ1n) is 14.5. The maximum Gasteiger partial charge on any atom is 0.347 e. The lowest BCUT2D eigenvalue weighted by atomic mass is 10.1. The van der Waals surface area contributed by atoms with Gasteiger partial charge in [0.1, 0.15) is 34.1 Å². The Hall–Kier alpha value is -6.10. The summed E-state index contributed by atoms with van der Waals surface area (Å²) in [6.45, 7) is 0. The number of benzene rings is 5. The van der Waals surface area contributed by atoms with Gasteiger partial charge in [0.25, 0.3) is 0 Å². The first-order valence-corrected chi connectivity index (χ1v) is 14.5. The number of hydrogen-bond donors (Lipinski definition) is 0. The Morgan fingerprint density at radius 3 is 1.21 bits per heavy atom. The first kappa shape index (κ1) is 30.9. The molecule has 5 aromatic rings. The molecule has 0 aliphatic carbocycles. The summed E-state index contributed by atoms with van der Waals surface area (Å²) in [6, 6.07) is 37.5. The monoisotopic (exact) mass is 630 g/mol. The van der Waals surface area contributed by atoms with Crippen LogP contribution in [-0.2, 0) is 19.1 Å². The van der Waals surface area contributed by atoms with E-state index in [9.17, 15) is 19.2 Å². The van der Waals surface area contributed by atoms with E-state index < -0.39 is 42.4 Å². The quantitative estimate of drug-likeness (QED) is 0.139. The second-order valence-corrected chi connectivity index (χ2v) is 10.1. The fourth-order valence-electron chi connectivity index (χ4n) is 4.65. The summed E-state index contributed by atoms with van der Waals surface area (Å²) in [5, 5.41) is 0. The van der Waals surface area contributed by atoms with E-state index in [1.165, 1.54) is 24.3 Å². The molecule has 0 N–H and O–H groups in total. The lowest BCUT2D eigenvalue weighted by molar-refractivity contribution is -0.153. The summed E-state index contributed by atoms with van der Waals surface area (Å²) in [5.41, 5.74) is 0.459. The highest BCUT2D eigenvalue weighted by atomic mass is 16.8. The van der Waals surface area contributed by atoms with Crippen LogP contribution in [0.5, 0.6) is 23.0 Å². The Labute approximate surface area is 269 Å². The Morgan fingerprint density at radius 1 is 0.426 bits per heavy atom. The topological polar surface area (TPSA) is 124 Å². The molecule has 0 aromatic heterocycles. The molecule has 0 spiro atoms. The highest BCUT2D eigenvalue weighted by molar-refractivity contribution is 5.97. The summed E-state index contributed by atoms with van der Waals surface area (Å²) in [7, 11) is 0. The number of hydrogen-bond acceptors (Lipinski definition) is 10. The van der Waals surface area contributed by atoms with Crippen LogP contribution in [0.2, 0.25) is 0 Å². The highest BCUT2D eigenvalue weighted by Gasteiger charge is 2.48. The fourth-order valence-corrected chi connectivity index (χ4v) is 4.65. The van der Waals surface area contributed by atoms with Gasteiger partial charge in [-0.05, 0) is 48.5 Å². The van der Waals surface area contributed by atoms with Crippen molar-refractivity contribution < 1.29 is 47.6 Å². The van der Waals surface area contributed by atoms with Gasteiger partial charge in [-0.15, -0.1) is 0 Å². The zero-order valence-corrected chi connectivity index (χ0v) is 24.6. The molecule has 1 fully saturated rings. The second-order valence-electron chi connectivity index (χ2n) is 10.1. The van der Waals surface area contributed by atoms with Crippen LogP contribution in [0.1, 0.15) is 32.6 Å². The Morgan fingerprint density at radius 2 is 0.787 bits per heavy atom. The van der Waals surface area contributed by atoms with E-state index in [1.54, 1.807) is 115 Å². The Balaban J connectivity index is 1.23. The number of carbonyl (C=O) groups is 4. The Kier molecular flexibility index (Phi) is 9.43. The van der Waals surface area contributed by atoms with E-state index in [1.807, 2.05) is 0 Å². The Bertz CT molecular complexity index is 1760. The standard InChI is InChI=1S/C37H26O10/c38-33(42-25-16-6-2-7-17-25)27-20-10-12-22-29(27)44-35(40)31-32(47-37(46-31)24-14-4-1-5-15-24)36(41)45-30-23-13-11-21-28(30)34(39)43-26-18-8-3-9-19-26/h1-23,31-32,37H/t31-,32-/m1/s1. The average molecular weight is 631 g/mol. The first-order chi connectivity index (χ1) is 23.0. The lowest BCUT2D eigenvalue weighted by Crippen LogP contribution is -2.42. The van der Waals surface area contributed by atoms with Gasteiger partial charge in [-0.25, -0.2) is 19.2 Å². The predicted molar refractivity (Wildman–Crippen MR) is 166 cm³/mol. The lowest BCUT2D eigenvalue weighted by Gasteiger charge is -2.17. The summed E-state index contributed by atoms with van der Waals surface area (Å²) < 4.78 is 33.8. The van der Waals surface area contributed by atoms with Gasteiger partial charge < -0.3 is 28.4 Å². The number of ether oxygens (including phenoxy) is 6. The molecule has 0 bridgehead atoms. The molecule has 234 valence electrons. The molecule has 1 saturated heterocycles. The normalized spacial score (nSPS) is 15.7. The van der Waals surface area contributed by atoms with Crippen molar-refractivity contribution in [2.24, 2.45) is 0 Å². The molecule has 10 heteroatoms. The minimum absolute atomic E-state index is 0.0341. The van der Waals surface area contributed by atoms with Crippen LogP contribution in [0, 0.1) is 0 Å². The maximum absolute atomic E-state index is 13.6. The summed E-state index contributed by atoms with van der Waals surface area (Å²) in [6.07, 6.45) is -4.37. The van der Waals surface area contributed by atoms with Crippen LogP contribution in [0.15, 0.2) is 140 Å². The minimum Gasteiger partial charge on any atom is -0.424 e. The fraction of sp³-hybridized carbons (Fsp3) is 0.0811. The van der Waals surface area contributed by atoms with Gasteiger partial charge in [0.05, 0.1) is 0 Å². The van der Waals surface area contributed by atoms with Crippen molar-refractivity contribution in [2.45, 2.75) is 18.5 Å². The van der Waals surface area contributed by atoms with Gasteiger partial charge in [-0.3, -0.25) is 0 Å². The molecular formula is C37H26O10. The summed E-state index contributed by atoms with van der Waals surface area (Å²) >= 11 is 0. The molecule has 0 radical (unpaired) electrons. The molecule has 6 rings (SSSR count).